The van der Waals surface area contributed by atoms with Crippen molar-refractivity contribution >= 4 is 39.8 Å². The molecular weight excluding hydrogens is 352 g/mol. The molecule has 17 heavy (non-hydrogen) atoms. The zero-order valence-electron chi connectivity index (χ0n) is 8.73. The molecule has 0 aliphatic rings. The third-order valence-corrected chi connectivity index (χ3v) is 3.02. The summed E-state index contributed by atoms with van der Waals surface area (Å²) < 4.78 is 16.2. The van der Waals surface area contributed by atoms with Crippen LogP contribution in [0.2, 0.25) is 0 Å². The Morgan fingerprint density at radius 2 is 2.29 bits per heavy atom. The Hall–Kier alpha value is -1.02. The molecule has 1 heterocycles. The maximum Gasteiger partial charge on any atom is 0.133 e. The van der Waals surface area contributed by atoms with Crippen LogP contribution in [-0.4, -0.2) is 14.8 Å². The fourth-order valence-corrected chi connectivity index (χ4v) is 2.07. The lowest BCUT2D eigenvalue weighted by Crippen LogP contribution is -2.12. The number of aromatic nitrogens is 2. The molecule has 0 aliphatic heterocycles. The zero-order chi connectivity index (χ0) is 12.4. The van der Waals surface area contributed by atoms with E-state index in [1.54, 1.807) is 23.0 Å². The van der Waals surface area contributed by atoms with E-state index >= 15 is 0 Å². The second-order valence-electron chi connectivity index (χ2n) is 3.53. The van der Waals surface area contributed by atoms with Crippen molar-refractivity contribution in [1.29, 1.82) is 0 Å². The fourth-order valence-electron chi connectivity index (χ4n) is 1.47. The molecule has 0 saturated carbocycles. The monoisotopic (exact) mass is 361 g/mol. The summed E-state index contributed by atoms with van der Waals surface area (Å²) in [4.78, 5) is 0.0689. The summed E-state index contributed by atoms with van der Waals surface area (Å²) >= 11 is 6.97. The SMILES string of the molecule is NC(=S)c1cc(Cn2cc(I)cn2)ccc1F. The number of nitrogens with two attached hydrogens (primary N) is 1. The Labute approximate surface area is 117 Å². The predicted octanol–water partition coefficient (Wildman–Crippen LogP) is 2.31. The first kappa shape index (κ1) is 12.4. The molecule has 2 rings (SSSR count). The highest BCUT2D eigenvalue weighted by Crippen LogP contribution is 2.12. The molecule has 6 heteroatoms. The number of benzene rings is 1. The van der Waals surface area contributed by atoms with Gasteiger partial charge in [0.25, 0.3) is 0 Å². The van der Waals surface area contributed by atoms with Gasteiger partial charge in [-0.1, -0.05) is 18.3 Å². The third-order valence-electron chi connectivity index (χ3n) is 2.24. The third kappa shape index (κ3) is 3.01. The van der Waals surface area contributed by atoms with Crippen LogP contribution < -0.4 is 5.73 Å². The first-order valence-corrected chi connectivity index (χ1v) is 6.31. The predicted molar refractivity (Wildman–Crippen MR) is 76.3 cm³/mol. The summed E-state index contributed by atoms with van der Waals surface area (Å²) in [5.41, 5.74) is 6.64. The van der Waals surface area contributed by atoms with E-state index in [1.807, 2.05) is 6.20 Å². The second-order valence-corrected chi connectivity index (χ2v) is 5.22. The number of thiocarbonyl (C=S) groups is 1. The van der Waals surface area contributed by atoms with E-state index in [4.69, 9.17) is 18.0 Å². The van der Waals surface area contributed by atoms with E-state index < -0.39 is 5.82 Å². The van der Waals surface area contributed by atoms with Crippen molar-refractivity contribution in [3.63, 3.8) is 0 Å². The van der Waals surface area contributed by atoms with Crippen molar-refractivity contribution in [1.82, 2.24) is 9.78 Å². The van der Waals surface area contributed by atoms with Crippen LogP contribution in [0.1, 0.15) is 11.1 Å². The van der Waals surface area contributed by atoms with Crippen LogP contribution in [0, 0.1) is 9.39 Å². The number of nitrogens with zero attached hydrogens (tertiary/aromatic N) is 2. The van der Waals surface area contributed by atoms with Gasteiger partial charge in [0.05, 0.1) is 16.3 Å². The van der Waals surface area contributed by atoms with Crippen LogP contribution in [0.3, 0.4) is 0 Å². The van der Waals surface area contributed by atoms with Gasteiger partial charge in [-0.2, -0.15) is 5.10 Å². The van der Waals surface area contributed by atoms with Gasteiger partial charge in [0.2, 0.25) is 0 Å². The Balaban J connectivity index is 2.28. The van der Waals surface area contributed by atoms with E-state index in [2.05, 4.69) is 27.7 Å². The highest BCUT2D eigenvalue weighted by atomic mass is 127. The molecular formula is C11H9FIN3S. The molecule has 2 N–H and O–H groups in total. The van der Waals surface area contributed by atoms with Gasteiger partial charge in [-0.3, -0.25) is 4.68 Å². The van der Waals surface area contributed by atoms with Crippen LogP contribution in [0.15, 0.2) is 30.6 Å². The average Bonchev–Trinajstić information content (AvgIpc) is 2.66. The van der Waals surface area contributed by atoms with E-state index in [0.29, 0.717) is 6.54 Å². The van der Waals surface area contributed by atoms with Crippen molar-refractivity contribution in [2.45, 2.75) is 6.54 Å². The molecule has 0 amide bonds. The summed E-state index contributed by atoms with van der Waals surface area (Å²) in [6, 6.07) is 4.73. The van der Waals surface area contributed by atoms with Crippen LogP contribution in [-0.2, 0) is 6.54 Å². The Kier molecular flexibility index (Phi) is 3.72. The molecule has 0 aliphatic carbocycles. The zero-order valence-corrected chi connectivity index (χ0v) is 11.7. The van der Waals surface area contributed by atoms with Crippen LogP contribution in [0.4, 0.5) is 4.39 Å². The number of hydrogen-bond donors (Lipinski definition) is 1. The minimum Gasteiger partial charge on any atom is -0.389 e. The van der Waals surface area contributed by atoms with Crippen molar-refractivity contribution in [2.75, 3.05) is 0 Å². The van der Waals surface area contributed by atoms with E-state index in [-0.39, 0.29) is 10.6 Å². The van der Waals surface area contributed by atoms with Crippen molar-refractivity contribution in [3.8, 4) is 0 Å². The summed E-state index contributed by atoms with van der Waals surface area (Å²) in [5, 5.41) is 4.16. The largest absolute Gasteiger partial charge is 0.389 e. The minimum absolute atomic E-state index is 0.0689. The number of hydrogen-bond acceptors (Lipinski definition) is 2. The average molecular weight is 361 g/mol. The quantitative estimate of drug-likeness (QED) is 0.674. The Bertz CT molecular complexity index is 568. The lowest BCUT2D eigenvalue weighted by molar-refractivity contribution is 0.622. The van der Waals surface area contributed by atoms with Crippen molar-refractivity contribution in [3.05, 3.63) is 51.1 Å². The van der Waals surface area contributed by atoms with Gasteiger partial charge in [-0.05, 0) is 40.3 Å². The number of rotatable bonds is 3. The van der Waals surface area contributed by atoms with Gasteiger partial charge in [-0.15, -0.1) is 0 Å². The molecule has 0 bridgehead atoms. The number of halogens is 2. The molecule has 1 aromatic heterocycles. The minimum atomic E-state index is -0.392. The normalized spacial score (nSPS) is 10.5. The van der Waals surface area contributed by atoms with E-state index in [0.717, 1.165) is 9.13 Å². The lowest BCUT2D eigenvalue weighted by Gasteiger charge is -2.05. The first-order chi connectivity index (χ1) is 8.06. The van der Waals surface area contributed by atoms with Gasteiger partial charge in [0.15, 0.2) is 0 Å². The summed E-state index contributed by atoms with van der Waals surface area (Å²) in [6.45, 7) is 0.568. The topological polar surface area (TPSA) is 43.8 Å². The van der Waals surface area contributed by atoms with Crippen molar-refractivity contribution < 1.29 is 4.39 Å². The molecule has 1 aromatic carbocycles. The molecule has 0 atom stereocenters. The summed E-state index contributed by atoms with van der Waals surface area (Å²) in [6.07, 6.45) is 3.67. The van der Waals surface area contributed by atoms with Crippen LogP contribution in [0.25, 0.3) is 0 Å². The maximum atomic E-state index is 13.4. The van der Waals surface area contributed by atoms with Gasteiger partial charge in [0, 0.05) is 11.8 Å². The van der Waals surface area contributed by atoms with Crippen LogP contribution in [0.5, 0.6) is 0 Å². The molecule has 0 radical (unpaired) electrons. The van der Waals surface area contributed by atoms with E-state index in [1.165, 1.54) is 6.07 Å². The van der Waals surface area contributed by atoms with Crippen LogP contribution >= 0.6 is 34.8 Å². The molecule has 2 aromatic rings. The van der Waals surface area contributed by atoms with Crippen molar-refractivity contribution in [2.24, 2.45) is 5.73 Å². The Morgan fingerprint density at radius 3 is 2.88 bits per heavy atom. The summed E-state index contributed by atoms with van der Waals surface area (Å²) in [7, 11) is 0. The standard InChI is InChI=1S/C11H9FIN3S/c12-10-2-1-7(3-9(10)11(14)17)5-16-6-8(13)4-15-16/h1-4,6H,5H2,(H2,14,17). The smallest absolute Gasteiger partial charge is 0.133 e. The molecule has 3 nitrogen and oxygen atoms in total. The Morgan fingerprint density at radius 1 is 1.53 bits per heavy atom. The molecule has 0 saturated heterocycles. The van der Waals surface area contributed by atoms with Gasteiger partial charge >= 0.3 is 0 Å². The van der Waals surface area contributed by atoms with Gasteiger partial charge < -0.3 is 5.73 Å². The maximum absolute atomic E-state index is 13.4. The highest BCUT2D eigenvalue weighted by molar-refractivity contribution is 14.1. The first-order valence-electron chi connectivity index (χ1n) is 4.82. The van der Waals surface area contributed by atoms with E-state index in [9.17, 15) is 4.39 Å². The fraction of sp³-hybridized carbons (Fsp3) is 0.0909. The van der Waals surface area contributed by atoms with Gasteiger partial charge in [0.1, 0.15) is 10.8 Å². The second kappa shape index (κ2) is 5.09. The molecule has 0 spiro atoms. The molecule has 0 unspecified atom stereocenters. The molecule has 88 valence electrons. The lowest BCUT2D eigenvalue weighted by atomic mass is 10.1. The molecule has 0 fully saturated rings. The van der Waals surface area contributed by atoms with Gasteiger partial charge in [-0.25, -0.2) is 4.39 Å². The summed E-state index contributed by atoms with van der Waals surface area (Å²) in [5.74, 6) is -0.392. The highest BCUT2D eigenvalue weighted by Gasteiger charge is 2.06.